The Morgan fingerprint density at radius 1 is 1.41 bits per heavy atom. The minimum atomic E-state index is -3.48. The van der Waals surface area contributed by atoms with Crippen molar-refractivity contribution < 1.29 is 13.2 Å². The molecule has 0 amide bonds. The van der Waals surface area contributed by atoms with Gasteiger partial charge >= 0.3 is 0 Å². The normalized spacial score (nSPS) is 22.9. The van der Waals surface area contributed by atoms with Crippen LogP contribution in [0.15, 0.2) is 0 Å². The third kappa shape index (κ3) is 4.37. The molecular weight excluding hydrogens is 240 g/mol. The van der Waals surface area contributed by atoms with Crippen LogP contribution in [0.25, 0.3) is 0 Å². The molecule has 1 fully saturated rings. The van der Waals surface area contributed by atoms with Crippen LogP contribution in [-0.4, -0.2) is 36.6 Å². The van der Waals surface area contributed by atoms with Gasteiger partial charge in [-0.1, -0.05) is 0 Å². The van der Waals surface area contributed by atoms with E-state index in [-0.39, 0.29) is 11.8 Å². The monoisotopic (exact) mass is 262 g/mol. The van der Waals surface area contributed by atoms with Crippen molar-refractivity contribution in [3.8, 4) is 0 Å². The Morgan fingerprint density at radius 2 is 2.00 bits per heavy atom. The van der Waals surface area contributed by atoms with E-state index in [4.69, 9.17) is 0 Å². The average molecular weight is 262 g/mol. The van der Waals surface area contributed by atoms with Gasteiger partial charge in [0.05, 0.1) is 0 Å². The summed E-state index contributed by atoms with van der Waals surface area (Å²) < 4.78 is 28.3. The van der Waals surface area contributed by atoms with Crippen LogP contribution in [0.3, 0.4) is 0 Å². The van der Waals surface area contributed by atoms with E-state index in [0.717, 1.165) is 12.8 Å². The molecular formula is C11H22N2O3S. The summed E-state index contributed by atoms with van der Waals surface area (Å²) in [6.07, 6.45) is 1.90. The van der Waals surface area contributed by atoms with Crippen LogP contribution in [-0.2, 0) is 15.0 Å². The van der Waals surface area contributed by atoms with Gasteiger partial charge in [-0.2, -0.15) is 17.4 Å². The van der Waals surface area contributed by atoms with Gasteiger partial charge in [-0.25, -0.2) is 0 Å². The van der Waals surface area contributed by atoms with Crippen molar-refractivity contribution in [2.75, 3.05) is 6.54 Å². The second-order valence-electron chi connectivity index (χ2n) is 5.67. The topological polar surface area (TPSA) is 66.5 Å². The van der Waals surface area contributed by atoms with Crippen molar-refractivity contribution in [3.05, 3.63) is 0 Å². The summed E-state index contributed by atoms with van der Waals surface area (Å²) in [5, 5.41) is 0. The molecule has 1 unspecified atom stereocenters. The highest BCUT2D eigenvalue weighted by molar-refractivity contribution is 7.87. The number of carbonyl (C=O) groups is 1. The minimum absolute atomic E-state index is 0.0351. The summed E-state index contributed by atoms with van der Waals surface area (Å²) in [5.74, 6) is 0.0351. The SMILES string of the molecule is CC(=O)CC1CCCN1S(=O)(=O)NC(C)(C)C. The maximum absolute atomic E-state index is 12.1. The van der Waals surface area contributed by atoms with Crippen LogP contribution in [0.4, 0.5) is 0 Å². The van der Waals surface area contributed by atoms with Crippen LogP contribution >= 0.6 is 0 Å². The molecule has 0 spiro atoms. The number of ketones is 1. The van der Waals surface area contributed by atoms with E-state index in [1.54, 1.807) is 20.8 Å². The summed E-state index contributed by atoms with van der Waals surface area (Å²) in [7, 11) is -3.48. The second-order valence-corrected chi connectivity index (χ2v) is 7.29. The fraction of sp³-hybridized carbons (Fsp3) is 0.909. The fourth-order valence-electron chi connectivity index (χ4n) is 2.11. The molecule has 17 heavy (non-hydrogen) atoms. The number of hydrogen-bond donors (Lipinski definition) is 1. The third-order valence-corrected chi connectivity index (χ3v) is 4.56. The van der Waals surface area contributed by atoms with Crippen LogP contribution < -0.4 is 4.72 Å². The van der Waals surface area contributed by atoms with Crippen molar-refractivity contribution in [1.29, 1.82) is 0 Å². The predicted octanol–water partition coefficient (Wildman–Crippen LogP) is 1.06. The lowest BCUT2D eigenvalue weighted by atomic mass is 10.1. The molecule has 6 heteroatoms. The van der Waals surface area contributed by atoms with Crippen molar-refractivity contribution in [2.45, 2.75) is 58.5 Å². The Morgan fingerprint density at radius 3 is 2.47 bits per heavy atom. The highest BCUT2D eigenvalue weighted by Gasteiger charge is 2.36. The van der Waals surface area contributed by atoms with Crippen LogP contribution in [0.1, 0.15) is 47.0 Å². The molecule has 1 rings (SSSR count). The molecule has 1 atom stereocenters. The highest BCUT2D eigenvalue weighted by Crippen LogP contribution is 2.23. The lowest BCUT2D eigenvalue weighted by molar-refractivity contribution is -0.117. The molecule has 100 valence electrons. The van der Waals surface area contributed by atoms with Crippen molar-refractivity contribution in [3.63, 3.8) is 0 Å². The molecule has 1 aliphatic heterocycles. The largest absolute Gasteiger partial charge is 0.300 e. The van der Waals surface area contributed by atoms with Gasteiger partial charge in [0.1, 0.15) is 5.78 Å². The zero-order valence-corrected chi connectivity index (χ0v) is 11.8. The number of nitrogens with zero attached hydrogens (tertiary/aromatic N) is 1. The lowest BCUT2D eigenvalue weighted by Gasteiger charge is -2.28. The number of rotatable bonds is 4. The summed E-state index contributed by atoms with van der Waals surface area (Å²) in [5.41, 5.74) is -0.498. The van der Waals surface area contributed by atoms with Crippen LogP contribution in [0.5, 0.6) is 0 Å². The molecule has 5 nitrogen and oxygen atoms in total. The van der Waals surface area contributed by atoms with Gasteiger partial charge < -0.3 is 0 Å². The van der Waals surface area contributed by atoms with E-state index in [9.17, 15) is 13.2 Å². The van der Waals surface area contributed by atoms with Gasteiger partial charge in [0, 0.05) is 24.5 Å². The zero-order valence-electron chi connectivity index (χ0n) is 11.0. The molecule has 0 bridgehead atoms. The van der Waals surface area contributed by atoms with Gasteiger partial charge in [-0.05, 0) is 40.5 Å². The molecule has 1 saturated heterocycles. The molecule has 1 heterocycles. The number of nitrogens with one attached hydrogen (secondary N) is 1. The van der Waals surface area contributed by atoms with E-state index in [0.29, 0.717) is 13.0 Å². The smallest absolute Gasteiger partial charge is 0.280 e. The van der Waals surface area contributed by atoms with E-state index in [2.05, 4.69) is 4.72 Å². The van der Waals surface area contributed by atoms with Crippen molar-refractivity contribution in [2.24, 2.45) is 0 Å². The summed E-state index contributed by atoms with van der Waals surface area (Å²) in [6, 6.07) is -0.174. The number of hydrogen-bond acceptors (Lipinski definition) is 3. The summed E-state index contributed by atoms with van der Waals surface area (Å²) in [4.78, 5) is 11.1. The van der Waals surface area contributed by atoms with Gasteiger partial charge in [-0.3, -0.25) is 4.79 Å². The van der Waals surface area contributed by atoms with E-state index in [1.165, 1.54) is 11.2 Å². The first-order chi connectivity index (χ1) is 7.62. The summed E-state index contributed by atoms with van der Waals surface area (Å²) in [6.45, 7) is 7.42. The van der Waals surface area contributed by atoms with Crippen molar-refractivity contribution >= 4 is 16.0 Å². The fourth-order valence-corrected chi connectivity index (χ4v) is 3.94. The molecule has 0 aromatic heterocycles. The minimum Gasteiger partial charge on any atom is -0.300 e. The second kappa shape index (κ2) is 5.04. The molecule has 0 saturated carbocycles. The summed E-state index contributed by atoms with van der Waals surface area (Å²) >= 11 is 0. The van der Waals surface area contributed by atoms with Crippen LogP contribution in [0.2, 0.25) is 0 Å². The Balaban J connectivity index is 2.80. The number of carbonyl (C=O) groups excluding carboxylic acids is 1. The maximum atomic E-state index is 12.1. The first-order valence-electron chi connectivity index (χ1n) is 5.92. The third-order valence-electron chi connectivity index (χ3n) is 2.59. The Kier molecular flexibility index (Phi) is 4.33. The molecule has 0 aliphatic carbocycles. The molecule has 0 aromatic rings. The highest BCUT2D eigenvalue weighted by atomic mass is 32.2. The molecule has 0 radical (unpaired) electrons. The Bertz CT molecular complexity index is 384. The predicted molar refractivity (Wildman–Crippen MR) is 66.8 cm³/mol. The first kappa shape index (κ1) is 14.6. The molecule has 1 aliphatic rings. The lowest BCUT2D eigenvalue weighted by Crippen LogP contribution is -2.50. The van der Waals surface area contributed by atoms with Gasteiger partial charge in [0.2, 0.25) is 0 Å². The van der Waals surface area contributed by atoms with E-state index >= 15 is 0 Å². The van der Waals surface area contributed by atoms with Crippen molar-refractivity contribution in [1.82, 2.24) is 9.03 Å². The number of Topliss-reactive ketones (excluding diaryl/α,β-unsaturated/α-hetero) is 1. The van der Waals surface area contributed by atoms with Crippen LogP contribution in [0, 0.1) is 0 Å². The van der Waals surface area contributed by atoms with E-state index < -0.39 is 15.7 Å². The van der Waals surface area contributed by atoms with E-state index in [1.807, 2.05) is 0 Å². The first-order valence-corrected chi connectivity index (χ1v) is 7.36. The standard InChI is InChI=1S/C11H22N2O3S/c1-9(14)8-10-6-5-7-13(10)17(15,16)12-11(2,3)4/h10,12H,5-8H2,1-4H3. The van der Waals surface area contributed by atoms with Gasteiger partial charge in [0.25, 0.3) is 10.2 Å². The maximum Gasteiger partial charge on any atom is 0.280 e. The molecule has 0 aromatic carbocycles. The van der Waals surface area contributed by atoms with Gasteiger partial charge in [0.15, 0.2) is 0 Å². The van der Waals surface area contributed by atoms with Gasteiger partial charge in [-0.15, -0.1) is 0 Å². The quantitative estimate of drug-likeness (QED) is 0.824. The Labute approximate surface area is 104 Å². The Hall–Kier alpha value is -0.460. The zero-order chi connectivity index (χ0) is 13.3. The molecule has 1 N–H and O–H groups in total. The average Bonchev–Trinajstić information content (AvgIpc) is 2.46.